The van der Waals surface area contributed by atoms with Gasteiger partial charge in [0, 0.05) is 12.6 Å². The van der Waals surface area contributed by atoms with Gasteiger partial charge in [0.1, 0.15) is 23.7 Å². The van der Waals surface area contributed by atoms with Gasteiger partial charge < -0.3 is 15.4 Å². The van der Waals surface area contributed by atoms with Gasteiger partial charge in [-0.2, -0.15) is 0 Å². The molecule has 2 rings (SSSR count). The van der Waals surface area contributed by atoms with Gasteiger partial charge in [0.2, 0.25) is 0 Å². The molecule has 5 heteroatoms. The summed E-state index contributed by atoms with van der Waals surface area (Å²) in [5.41, 5.74) is 0.880. The highest BCUT2D eigenvalue weighted by Crippen LogP contribution is 2.26. The van der Waals surface area contributed by atoms with Crippen LogP contribution in [0.1, 0.15) is 13.3 Å². The van der Waals surface area contributed by atoms with Gasteiger partial charge in [0.05, 0.1) is 12.8 Å². The Hall–Kier alpha value is -2.30. The number of benzene rings is 1. The number of ether oxygens (including phenoxy) is 1. The maximum absolute atomic E-state index is 5.29. The average Bonchev–Trinajstić information content (AvgIpc) is 2.46. The van der Waals surface area contributed by atoms with Crippen molar-refractivity contribution < 1.29 is 4.74 Å². The molecule has 0 atom stereocenters. The number of aromatic nitrogens is 2. The lowest BCUT2D eigenvalue weighted by Gasteiger charge is -2.11. The topological polar surface area (TPSA) is 59.1 Å². The van der Waals surface area contributed by atoms with Gasteiger partial charge >= 0.3 is 0 Å². The highest BCUT2D eigenvalue weighted by atomic mass is 16.5. The van der Waals surface area contributed by atoms with Gasteiger partial charge in [-0.25, -0.2) is 9.97 Å². The Bertz CT molecular complexity index is 530. The molecule has 0 bridgehead atoms. The van der Waals surface area contributed by atoms with Gasteiger partial charge in [0.15, 0.2) is 0 Å². The van der Waals surface area contributed by atoms with Crippen LogP contribution < -0.4 is 15.4 Å². The number of hydrogen-bond acceptors (Lipinski definition) is 5. The molecule has 0 amide bonds. The zero-order valence-electron chi connectivity index (χ0n) is 11.2. The van der Waals surface area contributed by atoms with Crippen molar-refractivity contribution in [1.29, 1.82) is 0 Å². The van der Waals surface area contributed by atoms with Crippen LogP contribution in [-0.4, -0.2) is 23.6 Å². The summed E-state index contributed by atoms with van der Waals surface area (Å²) < 4.78 is 5.29. The smallest absolute Gasteiger partial charge is 0.142 e. The molecule has 0 aliphatic rings. The Morgan fingerprint density at radius 1 is 1.16 bits per heavy atom. The summed E-state index contributed by atoms with van der Waals surface area (Å²) in [5.74, 6) is 2.33. The molecule has 1 aromatic carbocycles. The van der Waals surface area contributed by atoms with Gasteiger partial charge in [-0.15, -0.1) is 0 Å². The third kappa shape index (κ3) is 3.58. The molecule has 0 spiro atoms. The van der Waals surface area contributed by atoms with Crippen LogP contribution in [0.4, 0.5) is 17.3 Å². The maximum atomic E-state index is 5.29. The molecule has 5 nitrogen and oxygen atoms in total. The Balaban J connectivity index is 2.14. The van der Waals surface area contributed by atoms with E-state index in [0.717, 1.165) is 36.0 Å². The van der Waals surface area contributed by atoms with Crippen molar-refractivity contribution in [2.75, 3.05) is 24.3 Å². The predicted molar refractivity (Wildman–Crippen MR) is 77.1 cm³/mol. The minimum atomic E-state index is 0.734. The first-order valence-corrected chi connectivity index (χ1v) is 6.29. The van der Waals surface area contributed by atoms with Crippen LogP contribution >= 0.6 is 0 Å². The first kappa shape index (κ1) is 13.1. The van der Waals surface area contributed by atoms with Crippen molar-refractivity contribution in [3.05, 3.63) is 36.7 Å². The van der Waals surface area contributed by atoms with E-state index in [2.05, 4.69) is 27.5 Å². The van der Waals surface area contributed by atoms with Crippen molar-refractivity contribution in [1.82, 2.24) is 9.97 Å². The fourth-order valence-electron chi connectivity index (χ4n) is 1.66. The lowest BCUT2D eigenvalue weighted by molar-refractivity contribution is 0.417. The van der Waals surface area contributed by atoms with Crippen LogP contribution in [0.5, 0.6) is 5.75 Å². The van der Waals surface area contributed by atoms with Crippen molar-refractivity contribution in [2.24, 2.45) is 0 Å². The number of methoxy groups -OCH3 is 1. The molecule has 0 saturated heterocycles. The van der Waals surface area contributed by atoms with E-state index < -0.39 is 0 Å². The number of rotatable bonds is 6. The quantitative estimate of drug-likeness (QED) is 0.834. The standard InChI is InChI=1S/C14H18N4O/c1-3-8-15-13-9-14(17-10-16-13)18-11-6-4-5-7-12(11)19-2/h4-7,9-10H,3,8H2,1-2H3,(H2,15,16,17,18). The lowest BCUT2D eigenvalue weighted by atomic mass is 10.3. The molecule has 0 unspecified atom stereocenters. The second-order valence-electron chi connectivity index (χ2n) is 4.04. The Morgan fingerprint density at radius 2 is 1.95 bits per heavy atom. The summed E-state index contributed by atoms with van der Waals surface area (Å²) in [5, 5.41) is 6.45. The monoisotopic (exact) mass is 258 g/mol. The Kier molecular flexibility index (Phi) is 4.55. The number of para-hydroxylation sites is 2. The van der Waals surface area contributed by atoms with Crippen LogP contribution in [0.25, 0.3) is 0 Å². The molecule has 19 heavy (non-hydrogen) atoms. The highest BCUT2D eigenvalue weighted by molar-refractivity contribution is 5.65. The van der Waals surface area contributed by atoms with Gasteiger partial charge in [-0.3, -0.25) is 0 Å². The molecular weight excluding hydrogens is 240 g/mol. The molecule has 0 radical (unpaired) electrons. The van der Waals surface area contributed by atoms with Crippen molar-refractivity contribution in [3.63, 3.8) is 0 Å². The van der Waals surface area contributed by atoms with Crippen molar-refractivity contribution >= 4 is 17.3 Å². The van der Waals surface area contributed by atoms with E-state index in [1.807, 2.05) is 30.3 Å². The number of anilines is 3. The molecular formula is C14H18N4O. The minimum Gasteiger partial charge on any atom is -0.495 e. The number of hydrogen-bond donors (Lipinski definition) is 2. The van der Waals surface area contributed by atoms with Crippen molar-refractivity contribution in [2.45, 2.75) is 13.3 Å². The van der Waals surface area contributed by atoms with Gasteiger partial charge in [0.25, 0.3) is 0 Å². The molecule has 2 N–H and O–H groups in total. The second-order valence-corrected chi connectivity index (χ2v) is 4.04. The SMILES string of the molecule is CCCNc1cc(Nc2ccccc2OC)ncn1. The third-order valence-electron chi connectivity index (χ3n) is 2.59. The molecule has 0 aliphatic carbocycles. The highest BCUT2D eigenvalue weighted by Gasteiger charge is 2.03. The summed E-state index contributed by atoms with van der Waals surface area (Å²) in [4.78, 5) is 8.37. The van der Waals surface area contributed by atoms with E-state index >= 15 is 0 Å². The van der Waals surface area contributed by atoms with E-state index in [4.69, 9.17) is 4.74 Å². The zero-order chi connectivity index (χ0) is 13.5. The van der Waals surface area contributed by atoms with Crippen LogP contribution in [0, 0.1) is 0 Å². The van der Waals surface area contributed by atoms with E-state index in [1.54, 1.807) is 7.11 Å². The average molecular weight is 258 g/mol. The van der Waals surface area contributed by atoms with E-state index in [1.165, 1.54) is 6.33 Å². The zero-order valence-corrected chi connectivity index (χ0v) is 11.2. The molecule has 100 valence electrons. The van der Waals surface area contributed by atoms with E-state index in [-0.39, 0.29) is 0 Å². The normalized spacial score (nSPS) is 10.0. The first-order chi connectivity index (χ1) is 9.33. The molecule has 0 saturated carbocycles. The fraction of sp³-hybridized carbons (Fsp3) is 0.286. The minimum absolute atomic E-state index is 0.734. The first-order valence-electron chi connectivity index (χ1n) is 6.29. The molecule has 2 aromatic rings. The summed E-state index contributed by atoms with van der Waals surface area (Å²) in [6.07, 6.45) is 2.59. The summed E-state index contributed by atoms with van der Waals surface area (Å²) in [6.45, 7) is 3.01. The second kappa shape index (κ2) is 6.58. The largest absolute Gasteiger partial charge is 0.495 e. The Labute approximate surface area is 113 Å². The molecule has 0 fully saturated rings. The third-order valence-corrected chi connectivity index (χ3v) is 2.59. The van der Waals surface area contributed by atoms with Crippen LogP contribution in [0.15, 0.2) is 36.7 Å². The van der Waals surface area contributed by atoms with E-state index in [9.17, 15) is 0 Å². The lowest BCUT2D eigenvalue weighted by Crippen LogP contribution is -2.03. The molecule has 0 aliphatic heterocycles. The van der Waals surface area contributed by atoms with Crippen molar-refractivity contribution in [3.8, 4) is 5.75 Å². The maximum Gasteiger partial charge on any atom is 0.142 e. The van der Waals surface area contributed by atoms with Crippen LogP contribution in [0.3, 0.4) is 0 Å². The van der Waals surface area contributed by atoms with Crippen LogP contribution in [-0.2, 0) is 0 Å². The molecule has 1 aromatic heterocycles. The summed E-state index contributed by atoms with van der Waals surface area (Å²) in [7, 11) is 1.65. The fourth-order valence-corrected chi connectivity index (χ4v) is 1.66. The van der Waals surface area contributed by atoms with E-state index in [0.29, 0.717) is 0 Å². The predicted octanol–water partition coefficient (Wildman–Crippen LogP) is 3.05. The van der Waals surface area contributed by atoms with Gasteiger partial charge in [-0.05, 0) is 18.6 Å². The molecule has 1 heterocycles. The Morgan fingerprint density at radius 3 is 2.74 bits per heavy atom. The summed E-state index contributed by atoms with van der Waals surface area (Å²) >= 11 is 0. The number of nitrogens with zero attached hydrogens (tertiary/aromatic N) is 2. The van der Waals surface area contributed by atoms with Crippen LogP contribution in [0.2, 0.25) is 0 Å². The van der Waals surface area contributed by atoms with Gasteiger partial charge in [-0.1, -0.05) is 19.1 Å². The number of nitrogens with one attached hydrogen (secondary N) is 2. The summed E-state index contributed by atoms with van der Waals surface area (Å²) in [6, 6.07) is 9.60.